The van der Waals surface area contributed by atoms with E-state index in [4.69, 9.17) is 0 Å². The first-order valence-electron chi connectivity index (χ1n) is 10.1. The molecule has 1 aromatic carbocycles. The van der Waals surface area contributed by atoms with E-state index in [0.717, 1.165) is 30.5 Å². The molecule has 1 atom stereocenters. The van der Waals surface area contributed by atoms with Crippen molar-refractivity contribution >= 4 is 5.91 Å². The summed E-state index contributed by atoms with van der Waals surface area (Å²) in [6.07, 6.45) is 4.93. The van der Waals surface area contributed by atoms with Crippen molar-refractivity contribution in [3.63, 3.8) is 0 Å². The molecule has 1 aliphatic rings. The SMILES string of the molecule is Cc1nonc1CC(=O)NC1CCCc2c1cnn2-c1ccc(C(C)(C)C)cc1. The van der Waals surface area contributed by atoms with Gasteiger partial charge in [-0.15, -0.1) is 0 Å². The van der Waals surface area contributed by atoms with E-state index in [1.807, 2.05) is 10.9 Å². The molecule has 0 fully saturated rings. The van der Waals surface area contributed by atoms with Crippen molar-refractivity contribution in [2.75, 3.05) is 0 Å². The Bertz CT molecular complexity index is 1010. The van der Waals surface area contributed by atoms with Crippen LogP contribution in [0.2, 0.25) is 0 Å². The van der Waals surface area contributed by atoms with Gasteiger partial charge in [0.15, 0.2) is 0 Å². The van der Waals surface area contributed by atoms with Crippen LogP contribution in [0.3, 0.4) is 0 Å². The molecule has 3 aromatic rings. The van der Waals surface area contributed by atoms with E-state index < -0.39 is 0 Å². The molecule has 2 heterocycles. The molecule has 0 spiro atoms. The number of hydrogen-bond donors (Lipinski definition) is 1. The van der Waals surface area contributed by atoms with Gasteiger partial charge < -0.3 is 5.32 Å². The average Bonchev–Trinajstić information content (AvgIpc) is 3.28. The minimum atomic E-state index is -0.0797. The van der Waals surface area contributed by atoms with Gasteiger partial charge in [0.05, 0.1) is 24.3 Å². The highest BCUT2D eigenvalue weighted by Crippen LogP contribution is 2.31. The van der Waals surface area contributed by atoms with Gasteiger partial charge in [-0.2, -0.15) is 5.10 Å². The summed E-state index contributed by atoms with van der Waals surface area (Å²) in [5.41, 5.74) is 5.96. The van der Waals surface area contributed by atoms with Crippen LogP contribution in [0.25, 0.3) is 5.69 Å². The number of carbonyl (C=O) groups is 1. The van der Waals surface area contributed by atoms with Crippen molar-refractivity contribution < 1.29 is 9.42 Å². The number of nitrogens with one attached hydrogen (secondary N) is 1. The molecule has 0 saturated heterocycles. The fraction of sp³-hybridized carbons (Fsp3) is 0.455. The number of amides is 1. The van der Waals surface area contributed by atoms with Crippen molar-refractivity contribution in [3.8, 4) is 5.69 Å². The second-order valence-electron chi connectivity index (χ2n) is 8.74. The molecule has 1 amide bonds. The molecule has 29 heavy (non-hydrogen) atoms. The summed E-state index contributed by atoms with van der Waals surface area (Å²) in [4.78, 5) is 12.5. The third kappa shape index (κ3) is 3.95. The summed E-state index contributed by atoms with van der Waals surface area (Å²) < 4.78 is 6.69. The predicted molar refractivity (Wildman–Crippen MR) is 109 cm³/mol. The van der Waals surface area contributed by atoms with E-state index in [1.54, 1.807) is 6.92 Å². The van der Waals surface area contributed by atoms with Gasteiger partial charge in [-0.05, 0) is 49.3 Å². The smallest absolute Gasteiger partial charge is 0.226 e. The quantitative estimate of drug-likeness (QED) is 0.732. The van der Waals surface area contributed by atoms with Crippen molar-refractivity contribution in [1.82, 2.24) is 25.4 Å². The molecule has 4 rings (SSSR count). The average molecular weight is 393 g/mol. The number of nitrogens with zero attached hydrogens (tertiary/aromatic N) is 4. The minimum Gasteiger partial charge on any atom is -0.349 e. The topological polar surface area (TPSA) is 85.8 Å². The van der Waals surface area contributed by atoms with Crippen LogP contribution in [0.1, 0.15) is 67.9 Å². The maximum atomic E-state index is 12.5. The Morgan fingerprint density at radius 1 is 1.24 bits per heavy atom. The van der Waals surface area contributed by atoms with Gasteiger partial charge in [0.1, 0.15) is 11.4 Å². The van der Waals surface area contributed by atoms with Gasteiger partial charge in [-0.25, -0.2) is 9.31 Å². The third-order valence-electron chi connectivity index (χ3n) is 5.57. The Kier molecular flexibility index (Phi) is 4.98. The molecule has 1 N–H and O–H groups in total. The fourth-order valence-corrected chi connectivity index (χ4v) is 3.84. The van der Waals surface area contributed by atoms with Gasteiger partial charge in [0, 0.05) is 11.3 Å². The van der Waals surface area contributed by atoms with Crippen molar-refractivity contribution in [2.45, 2.75) is 64.8 Å². The summed E-state index contributed by atoms with van der Waals surface area (Å²) >= 11 is 0. The van der Waals surface area contributed by atoms with Gasteiger partial charge in [-0.1, -0.05) is 43.2 Å². The Hall–Kier alpha value is -2.96. The largest absolute Gasteiger partial charge is 0.349 e. The van der Waals surface area contributed by atoms with E-state index in [9.17, 15) is 4.79 Å². The van der Waals surface area contributed by atoms with Gasteiger partial charge in [-0.3, -0.25) is 4.79 Å². The number of rotatable bonds is 4. The fourth-order valence-electron chi connectivity index (χ4n) is 3.84. The minimum absolute atomic E-state index is 0.0333. The van der Waals surface area contributed by atoms with Crippen LogP contribution < -0.4 is 5.32 Å². The van der Waals surface area contributed by atoms with E-state index in [0.29, 0.717) is 11.4 Å². The number of fused-ring (bicyclic) bond motifs is 1. The zero-order chi connectivity index (χ0) is 20.6. The van der Waals surface area contributed by atoms with Gasteiger partial charge in [0.25, 0.3) is 0 Å². The lowest BCUT2D eigenvalue weighted by Crippen LogP contribution is -2.32. The molecule has 1 unspecified atom stereocenters. The summed E-state index contributed by atoms with van der Waals surface area (Å²) in [6.45, 7) is 8.41. The number of benzene rings is 1. The van der Waals surface area contributed by atoms with Crippen LogP contribution in [0.15, 0.2) is 35.1 Å². The maximum absolute atomic E-state index is 12.5. The zero-order valence-corrected chi connectivity index (χ0v) is 17.4. The van der Waals surface area contributed by atoms with E-state index in [1.165, 1.54) is 11.3 Å². The van der Waals surface area contributed by atoms with Crippen LogP contribution in [0, 0.1) is 6.92 Å². The molecule has 1 aliphatic carbocycles. The van der Waals surface area contributed by atoms with Crippen LogP contribution >= 0.6 is 0 Å². The van der Waals surface area contributed by atoms with Crippen LogP contribution in [0.5, 0.6) is 0 Å². The highest BCUT2D eigenvalue weighted by molar-refractivity contribution is 5.78. The standard InChI is InChI=1S/C22H27N5O2/c1-14-19(26-29-25-14)12-21(28)24-18-6-5-7-20-17(18)13-23-27(20)16-10-8-15(9-11-16)22(2,3)4/h8-11,13,18H,5-7,12H2,1-4H3,(H,24,28). The Morgan fingerprint density at radius 2 is 2.00 bits per heavy atom. The zero-order valence-electron chi connectivity index (χ0n) is 17.4. The molecular weight excluding hydrogens is 366 g/mol. The number of aryl methyl sites for hydroxylation is 1. The molecule has 0 saturated carbocycles. The number of carbonyl (C=O) groups excluding carboxylic acids is 1. The Morgan fingerprint density at radius 3 is 2.66 bits per heavy atom. The molecular formula is C22H27N5O2. The lowest BCUT2D eigenvalue weighted by atomic mass is 9.87. The van der Waals surface area contributed by atoms with E-state index in [-0.39, 0.29) is 23.8 Å². The normalized spacial score (nSPS) is 16.5. The monoisotopic (exact) mass is 393 g/mol. The lowest BCUT2D eigenvalue weighted by Gasteiger charge is -2.24. The van der Waals surface area contributed by atoms with E-state index >= 15 is 0 Å². The molecule has 7 nitrogen and oxygen atoms in total. The molecule has 0 aliphatic heterocycles. The van der Waals surface area contributed by atoms with Crippen LogP contribution in [-0.4, -0.2) is 26.0 Å². The van der Waals surface area contributed by atoms with Crippen LogP contribution in [0.4, 0.5) is 0 Å². The summed E-state index contributed by atoms with van der Waals surface area (Å²) in [5.74, 6) is -0.0797. The summed E-state index contributed by atoms with van der Waals surface area (Å²) in [7, 11) is 0. The first-order valence-corrected chi connectivity index (χ1v) is 10.1. The highest BCUT2D eigenvalue weighted by atomic mass is 16.6. The second-order valence-corrected chi connectivity index (χ2v) is 8.74. The first-order chi connectivity index (χ1) is 13.8. The summed E-state index contributed by atoms with van der Waals surface area (Å²) in [5, 5.41) is 15.3. The van der Waals surface area contributed by atoms with Crippen molar-refractivity contribution in [3.05, 3.63) is 58.7 Å². The summed E-state index contributed by atoms with van der Waals surface area (Å²) in [6, 6.07) is 8.54. The molecule has 0 bridgehead atoms. The molecule has 0 radical (unpaired) electrons. The van der Waals surface area contributed by atoms with Gasteiger partial charge >= 0.3 is 0 Å². The molecule has 7 heteroatoms. The lowest BCUT2D eigenvalue weighted by molar-refractivity contribution is -0.121. The number of aromatic nitrogens is 4. The highest BCUT2D eigenvalue weighted by Gasteiger charge is 2.26. The maximum Gasteiger partial charge on any atom is 0.226 e. The van der Waals surface area contributed by atoms with Crippen LogP contribution in [-0.2, 0) is 23.1 Å². The van der Waals surface area contributed by atoms with Gasteiger partial charge in [0.2, 0.25) is 5.91 Å². The Balaban J connectivity index is 1.53. The Labute approximate surface area is 170 Å². The first kappa shape index (κ1) is 19.4. The molecule has 152 valence electrons. The third-order valence-corrected chi connectivity index (χ3v) is 5.57. The number of hydrogen-bond acceptors (Lipinski definition) is 5. The van der Waals surface area contributed by atoms with Crippen molar-refractivity contribution in [1.29, 1.82) is 0 Å². The second kappa shape index (κ2) is 7.46. The predicted octanol–water partition coefficient (Wildman–Crippen LogP) is 3.60. The van der Waals surface area contributed by atoms with E-state index in [2.05, 4.69) is 70.4 Å². The van der Waals surface area contributed by atoms with Crippen molar-refractivity contribution in [2.24, 2.45) is 0 Å². The molecule has 2 aromatic heterocycles.